The van der Waals surface area contributed by atoms with Crippen molar-refractivity contribution in [1.29, 1.82) is 0 Å². The van der Waals surface area contributed by atoms with Crippen molar-refractivity contribution in [1.82, 2.24) is 4.90 Å². The minimum Gasteiger partial charge on any atom is -0.478 e. The van der Waals surface area contributed by atoms with Crippen LogP contribution in [0.15, 0.2) is 42.5 Å². The van der Waals surface area contributed by atoms with E-state index in [0.717, 1.165) is 0 Å². The third kappa shape index (κ3) is 3.57. The number of carboxylic acid groups (broad SMARTS) is 1. The maximum Gasteiger partial charge on any atom is 0.335 e. The number of hydrogen-bond acceptors (Lipinski definition) is 4. The van der Waals surface area contributed by atoms with E-state index in [2.05, 4.69) is 5.32 Å². The van der Waals surface area contributed by atoms with Crippen molar-refractivity contribution in [3.05, 3.63) is 64.7 Å². The summed E-state index contributed by atoms with van der Waals surface area (Å²) in [5, 5.41) is 11.5. The smallest absolute Gasteiger partial charge is 0.335 e. The lowest BCUT2D eigenvalue weighted by Crippen LogP contribution is -2.33. The first-order valence-corrected chi connectivity index (χ1v) is 8.43. The molecule has 7 heteroatoms. The molecule has 1 aliphatic rings. The summed E-state index contributed by atoms with van der Waals surface area (Å²) in [4.78, 5) is 49.4. The second-order valence-corrected chi connectivity index (χ2v) is 6.71. The Labute approximate surface area is 155 Å². The lowest BCUT2D eigenvalue weighted by atomic mass is 10.1. The van der Waals surface area contributed by atoms with Gasteiger partial charge in [-0.2, -0.15) is 0 Å². The predicted molar refractivity (Wildman–Crippen MR) is 98.0 cm³/mol. The molecule has 0 saturated heterocycles. The SMILES string of the molecule is CC(C)CN1C(=O)c2ccc(C(=O)Nc3ccc(C(=O)O)cc3)cc2C1=O. The number of benzene rings is 2. The van der Waals surface area contributed by atoms with E-state index < -0.39 is 17.8 Å². The van der Waals surface area contributed by atoms with Gasteiger partial charge in [-0.1, -0.05) is 13.8 Å². The summed E-state index contributed by atoms with van der Waals surface area (Å²) in [5.74, 6) is -2.11. The van der Waals surface area contributed by atoms with Crippen molar-refractivity contribution in [3.8, 4) is 0 Å². The quantitative estimate of drug-likeness (QED) is 0.792. The summed E-state index contributed by atoms with van der Waals surface area (Å²) in [6, 6.07) is 10.1. The van der Waals surface area contributed by atoms with Gasteiger partial charge >= 0.3 is 5.97 Å². The fourth-order valence-corrected chi connectivity index (χ4v) is 2.86. The normalized spacial score (nSPS) is 13.1. The maximum absolute atomic E-state index is 12.5. The molecule has 0 unspecified atom stereocenters. The van der Waals surface area contributed by atoms with Gasteiger partial charge in [-0.05, 0) is 48.4 Å². The topological polar surface area (TPSA) is 104 Å². The highest BCUT2D eigenvalue weighted by Gasteiger charge is 2.36. The summed E-state index contributed by atoms with van der Waals surface area (Å²) in [7, 11) is 0. The molecule has 0 bridgehead atoms. The zero-order chi connectivity index (χ0) is 19.7. The third-order valence-electron chi connectivity index (χ3n) is 4.17. The number of carboxylic acids is 1. The molecule has 1 heterocycles. The molecular weight excluding hydrogens is 348 g/mol. The Kier molecular flexibility index (Phi) is 4.77. The van der Waals surface area contributed by atoms with Crippen molar-refractivity contribution in [2.75, 3.05) is 11.9 Å². The maximum atomic E-state index is 12.5. The Morgan fingerprint density at radius 3 is 2.15 bits per heavy atom. The Morgan fingerprint density at radius 2 is 1.56 bits per heavy atom. The molecule has 7 nitrogen and oxygen atoms in total. The van der Waals surface area contributed by atoms with E-state index in [1.165, 1.54) is 47.4 Å². The van der Waals surface area contributed by atoms with Crippen LogP contribution in [0.3, 0.4) is 0 Å². The van der Waals surface area contributed by atoms with Crippen LogP contribution < -0.4 is 5.32 Å². The molecule has 0 radical (unpaired) electrons. The second-order valence-electron chi connectivity index (χ2n) is 6.71. The summed E-state index contributed by atoms with van der Waals surface area (Å²) in [6.07, 6.45) is 0. The van der Waals surface area contributed by atoms with Gasteiger partial charge < -0.3 is 10.4 Å². The van der Waals surface area contributed by atoms with Crippen LogP contribution in [-0.4, -0.2) is 40.2 Å². The lowest BCUT2D eigenvalue weighted by molar-refractivity contribution is 0.0633. The standard InChI is InChI=1S/C20H18N2O5/c1-11(2)10-22-18(24)15-8-5-13(9-16(15)19(22)25)17(23)21-14-6-3-12(4-7-14)20(26)27/h3-9,11H,10H2,1-2H3,(H,21,23)(H,26,27). The van der Waals surface area contributed by atoms with Gasteiger partial charge in [0.05, 0.1) is 16.7 Å². The van der Waals surface area contributed by atoms with Crippen molar-refractivity contribution in [2.45, 2.75) is 13.8 Å². The van der Waals surface area contributed by atoms with Crippen molar-refractivity contribution < 1.29 is 24.3 Å². The molecule has 0 aliphatic carbocycles. The predicted octanol–water partition coefficient (Wildman–Crippen LogP) is 2.89. The number of nitrogens with zero attached hydrogens (tertiary/aromatic N) is 1. The number of carbonyl (C=O) groups is 4. The van der Waals surface area contributed by atoms with Crippen molar-refractivity contribution in [3.63, 3.8) is 0 Å². The third-order valence-corrected chi connectivity index (χ3v) is 4.17. The number of rotatable bonds is 5. The van der Waals surface area contributed by atoms with Crippen LogP contribution in [0, 0.1) is 5.92 Å². The van der Waals surface area contributed by atoms with Crippen LogP contribution in [-0.2, 0) is 0 Å². The number of aromatic carboxylic acids is 1. The molecule has 0 spiro atoms. The van der Waals surface area contributed by atoms with Crippen LogP contribution in [0.1, 0.15) is 55.3 Å². The molecule has 1 aliphatic heterocycles. The number of amides is 3. The van der Waals surface area contributed by atoms with E-state index in [1.54, 1.807) is 0 Å². The van der Waals surface area contributed by atoms with E-state index >= 15 is 0 Å². The first-order valence-electron chi connectivity index (χ1n) is 8.43. The molecule has 0 saturated carbocycles. The van der Waals surface area contributed by atoms with E-state index in [-0.39, 0.29) is 28.5 Å². The highest BCUT2D eigenvalue weighted by Crippen LogP contribution is 2.25. The Balaban J connectivity index is 1.80. The van der Waals surface area contributed by atoms with Gasteiger partial charge in [-0.3, -0.25) is 19.3 Å². The van der Waals surface area contributed by atoms with Gasteiger partial charge in [0.15, 0.2) is 0 Å². The van der Waals surface area contributed by atoms with Crippen molar-refractivity contribution >= 4 is 29.4 Å². The average Bonchev–Trinajstić information content (AvgIpc) is 2.86. The average molecular weight is 366 g/mol. The minimum atomic E-state index is -1.05. The zero-order valence-electron chi connectivity index (χ0n) is 14.9. The van der Waals surface area contributed by atoms with Crippen LogP contribution in [0.5, 0.6) is 0 Å². The lowest BCUT2D eigenvalue weighted by Gasteiger charge is -2.15. The monoisotopic (exact) mass is 366 g/mol. The highest BCUT2D eigenvalue weighted by molar-refractivity contribution is 6.22. The molecule has 0 aromatic heterocycles. The van der Waals surface area contributed by atoms with E-state index in [4.69, 9.17) is 5.11 Å². The largest absolute Gasteiger partial charge is 0.478 e. The number of imide groups is 1. The Hall–Kier alpha value is -3.48. The van der Waals surface area contributed by atoms with Crippen LogP contribution >= 0.6 is 0 Å². The summed E-state index contributed by atoms with van der Waals surface area (Å²) in [6.45, 7) is 4.15. The first kappa shape index (κ1) is 18.3. The van der Waals surface area contributed by atoms with E-state index in [9.17, 15) is 19.2 Å². The van der Waals surface area contributed by atoms with Gasteiger partial charge in [0.2, 0.25) is 0 Å². The number of hydrogen-bond donors (Lipinski definition) is 2. The molecular formula is C20H18N2O5. The van der Waals surface area contributed by atoms with E-state index in [1.807, 2.05) is 13.8 Å². The van der Waals surface area contributed by atoms with Gasteiger partial charge in [-0.25, -0.2) is 4.79 Å². The zero-order valence-corrected chi connectivity index (χ0v) is 14.9. The minimum absolute atomic E-state index is 0.111. The second kappa shape index (κ2) is 7.03. The molecule has 3 rings (SSSR count). The number of carbonyl (C=O) groups excluding carboxylic acids is 3. The Morgan fingerprint density at radius 1 is 0.963 bits per heavy atom. The number of fused-ring (bicyclic) bond motifs is 1. The van der Waals surface area contributed by atoms with Crippen LogP contribution in [0.2, 0.25) is 0 Å². The van der Waals surface area contributed by atoms with Gasteiger partial charge in [0, 0.05) is 17.8 Å². The highest BCUT2D eigenvalue weighted by atomic mass is 16.4. The van der Waals surface area contributed by atoms with Crippen molar-refractivity contribution in [2.24, 2.45) is 5.92 Å². The molecule has 0 fully saturated rings. The summed E-state index contributed by atoms with van der Waals surface area (Å²) in [5.41, 5.74) is 1.29. The van der Waals surface area contributed by atoms with E-state index in [0.29, 0.717) is 17.8 Å². The molecule has 27 heavy (non-hydrogen) atoms. The first-order chi connectivity index (χ1) is 12.8. The fourth-order valence-electron chi connectivity index (χ4n) is 2.86. The fraction of sp³-hybridized carbons (Fsp3) is 0.200. The molecule has 138 valence electrons. The molecule has 3 amide bonds. The molecule has 2 aromatic carbocycles. The van der Waals surface area contributed by atoms with Gasteiger partial charge in [-0.15, -0.1) is 0 Å². The number of anilines is 1. The van der Waals surface area contributed by atoms with Gasteiger partial charge in [0.1, 0.15) is 0 Å². The summed E-state index contributed by atoms with van der Waals surface area (Å²) < 4.78 is 0. The Bertz CT molecular complexity index is 947. The van der Waals surface area contributed by atoms with Crippen LogP contribution in [0.25, 0.3) is 0 Å². The molecule has 0 atom stereocenters. The molecule has 2 aromatic rings. The summed E-state index contributed by atoms with van der Waals surface area (Å²) >= 11 is 0. The van der Waals surface area contributed by atoms with Crippen LogP contribution in [0.4, 0.5) is 5.69 Å². The molecule has 2 N–H and O–H groups in total. The number of nitrogens with one attached hydrogen (secondary N) is 1. The van der Waals surface area contributed by atoms with Gasteiger partial charge in [0.25, 0.3) is 17.7 Å².